The molecule has 0 spiro atoms. The predicted octanol–water partition coefficient (Wildman–Crippen LogP) is 4.41. The molecule has 1 heterocycles. The fourth-order valence-corrected chi connectivity index (χ4v) is 3.89. The molecule has 33 heavy (non-hydrogen) atoms. The standard InChI is InChI=1S/C22H19ClF5N3O2/c1-21(33,22(26,27)28)20(32)30-8-7-16(12-30)31(11-14-3-2-4-18(24)19(14)25)15-6-5-13(10-29)17(23)9-15/h2-6,9,16,33H,7-8,11-12H2,1H3/t16-,21+/m0/s1. The average Bonchev–Trinajstić information content (AvgIpc) is 3.23. The van der Waals surface area contributed by atoms with E-state index in [1.807, 2.05) is 6.07 Å². The lowest BCUT2D eigenvalue weighted by atomic mass is 10.1. The summed E-state index contributed by atoms with van der Waals surface area (Å²) >= 11 is 6.12. The quantitative estimate of drug-likeness (QED) is 0.634. The summed E-state index contributed by atoms with van der Waals surface area (Å²) in [5.41, 5.74) is -2.98. The third kappa shape index (κ3) is 4.89. The Morgan fingerprint density at radius 3 is 2.61 bits per heavy atom. The highest BCUT2D eigenvalue weighted by Gasteiger charge is 2.57. The first-order chi connectivity index (χ1) is 15.4. The number of carbonyl (C=O) groups is 1. The highest BCUT2D eigenvalue weighted by atomic mass is 35.5. The summed E-state index contributed by atoms with van der Waals surface area (Å²) in [5, 5.41) is 19.0. The second-order valence-electron chi connectivity index (χ2n) is 7.88. The fourth-order valence-electron chi connectivity index (χ4n) is 3.67. The molecule has 3 rings (SSSR count). The van der Waals surface area contributed by atoms with Gasteiger partial charge in [-0.15, -0.1) is 0 Å². The van der Waals surface area contributed by atoms with Gasteiger partial charge in [0.15, 0.2) is 11.6 Å². The minimum Gasteiger partial charge on any atom is -0.373 e. The zero-order chi connectivity index (χ0) is 24.6. The van der Waals surface area contributed by atoms with Gasteiger partial charge in [0.1, 0.15) is 6.07 Å². The largest absolute Gasteiger partial charge is 0.426 e. The molecule has 1 amide bonds. The molecule has 0 radical (unpaired) electrons. The van der Waals surface area contributed by atoms with Gasteiger partial charge in [0.2, 0.25) is 5.60 Å². The van der Waals surface area contributed by atoms with Crippen molar-refractivity contribution < 1.29 is 31.9 Å². The molecule has 0 unspecified atom stereocenters. The van der Waals surface area contributed by atoms with Gasteiger partial charge in [0, 0.05) is 36.9 Å². The zero-order valence-electron chi connectivity index (χ0n) is 17.3. The number of nitriles is 1. The molecule has 2 aromatic rings. The van der Waals surface area contributed by atoms with E-state index in [-0.39, 0.29) is 42.2 Å². The summed E-state index contributed by atoms with van der Waals surface area (Å²) < 4.78 is 67.5. The maximum atomic E-state index is 14.4. The summed E-state index contributed by atoms with van der Waals surface area (Å²) in [7, 11) is 0. The highest BCUT2D eigenvalue weighted by molar-refractivity contribution is 6.32. The van der Waals surface area contributed by atoms with Crippen LogP contribution in [0.15, 0.2) is 36.4 Å². The van der Waals surface area contributed by atoms with E-state index >= 15 is 0 Å². The SMILES string of the molecule is C[C@@](O)(C(=O)N1CC[C@H](N(Cc2cccc(F)c2F)c2ccc(C#N)c(Cl)c2)C1)C(F)(F)F. The first-order valence-corrected chi connectivity index (χ1v) is 10.2. The number of aliphatic hydroxyl groups is 1. The van der Waals surface area contributed by atoms with Crippen LogP contribution < -0.4 is 4.90 Å². The van der Waals surface area contributed by atoms with E-state index in [0.717, 1.165) is 11.0 Å². The molecule has 0 aliphatic carbocycles. The van der Waals surface area contributed by atoms with Gasteiger partial charge >= 0.3 is 6.18 Å². The Morgan fingerprint density at radius 1 is 1.30 bits per heavy atom. The van der Waals surface area contributed by atoms with E-state index in [9.17, 15) is 31.9 Å². The van der Waals surface area contributed by atoms with E-state index in [1.165, 1.54) is 30.3 Å². The van der Waals surface area contributed by atoms with E-state index in [0.29, 0.717) is 12.6 Å². The molecule has 2 atom stereocenters. The number of carbonyl (C=O) groups excluding carboxylic acids is 1. The number of anilines is 1. The van der Waals surface area contributed by atoms with Crippen molar-refractivity contribution in [3.05, 3.63) is 64.2 Å². The monoisotopic (exact) mass is 487 g/mol. The summed E-state index contributed by atoms with van der Waals surface area (Å²) in [5.74, 6) is -3.63. The van der Waals surface area contributed by atoms with Crippen molar-refractivity contribution in [2.45, 2.75) is 37.7 Å². The summed E-state index contributed by atoms with van der Waals surface area (Å²) in [6.45, 7) is -0.0569. The van der Waals surface area contributed by atoms with Gasteiger partial charge < -0.3 is 14.9 Å². The van der Waals surface area contributed by atoms with E-state index in [2.05, 4.69) is 0 Å². The molecule has 1 aliphatic heterocycles. The van der Waals surface area contributed by atoms with Gasteiger partial charge in [0.05, 0.1) is 10.6 Å². The number of amides is 1. The van der Waals surface area contributed by atoms with E-state index < -0.39 is 35.4 Å². The third-order valence-electron chi connectivity index (χ3n) is 5.64. The minimum absolute atomic E-state index is 0.0115. The highest BCUT2D eigenvalue weighted by Crippen LogP contribution is 2.34. The fraction of sp³-hybridized carbons (Fsp3) is 0.364. The molecular formula is C22H19ClF5N3O2. The van der Waals surface area contributed by atoms with Crippen LogP contribution in [0.2, 0.25) is 5.02 Å². The molecule has 0 bridgehead atoms. The van der Waals surface area contributed by atoms with Crippen molar-refractivity contribution in [1.29, 1.82) is 5.26 Å². The smallest absolute Gasteiger partial charge is 0.373 e. The Bertz CT molecular complexity index is 1100. The van der Waals surface area contributed by atoms with Crippen LogP contribution in [0.3, 0.4) is 0 Å². The molecule has 2 aromatic carbocycles. The second-order valence-corrected chi connectivity index (χ2v) is 8.29. The van der Waals surface area contributed by atoms with Gasteiger partial charge in [-0.25, -0.2) is 8.78 Å². The van der Waals surface area contributed by atoms with Crippen LogP contribution in [0, 0.1) is 23.0 Å². The zero-order valence-corrected chi connectivity index (χ0v) is 18.1. The predicted molar refractivity (Wildman–Crippen MR) is 110 cm³/mol. The Labute approximate surface area is 191 Å². The van der Waals surface area contributed by atoms with Crippen molar-refractivity contribution >= 4 is 23.2 Å². The maximum Gasteiger partial charge on any atom is 0.426 e. The normalized spacial score (nSPS) is 18.0. The minimum atomic E-state index is -5.16. The van der Waals surface area contributed by atoms with Gasteiger partial charge in [-0.1, -0.05) is 23.7 Å². The lowest BCUT2D eigenvalue weighted by molar-refractivity contribution is -0.249. The van der Waals surface area contributed by atoms with Gasteiger partial charge in [-0.05, 0) is 37.6 Å². The number of rotatable bonds is 5. The van der Waals surface area contributed by atoms with Crippen LogP contribution in [0.5, 0.6) is 0 Å². The molecule has 11 heteroatoms. The Balaban J connectivity index is 1.93. The van der Waals surface area contributed by atoms with Crippen LogP contribution in [-0.4, -0.2) is 46.8 Å². The van der Waals surface area contributed by atoms with Crippen LogP contribution in [0.25, 0.3) is 0 Å². The summed E-state index contributed by atoms with van der Waals surface area (Å²) in [6, 6.07) is 9.34. The number of benzene rings is 2. The summed E-state index contributed by atoms with van der Waals surface area (Å²) in [6.07, 6.45) is -4.96. The molecule has 1 aliphatic rings. The van der Waals surface area contributed by atoms with Crippen LogP contribution in [0.4, 0.5) is 27.6 Å². The van der Waals surface area contributed by atoms with Crippen molar-refractivity contribution in [3.8, 4) is 6.07 Å². The van der Waals surface area contributed by atoms with Crippen molar-refractivity contribution in [3.63, 3.8) is 0 Å². The van der Waals surface area contributed by atoms with Gasteiger partial charge in [-0.3, -0.25) is 4.79 Å². The first-order valence-electron chi connectivity index (χ1n) is 9.84. The second kappa shape index (κ2) is 9.15. The number of alkyl halides is 3. The number of hydrogen-bond donors (Lipinski definition) is 1. The molecule has 176 valence electrons. The average molecular weight is 488 g/mol. The third-order valence-corrected chi connectivity index (χ3v) is 5.95. The van der Waals surface area contributed by atoms with Gasteiger partial charge in [-0.2, -0.15) is 18.4 Å². The van der Waals surface area contributed by atoms with Gasteiger partial charge in [0.25, 0.3) is 5.91 Å². The number of hydrogen-bond acceptors (Lipinski definition) is 4. The van der Waals surface area contributed by atoms with Crippen LogP contribution in [-0.2, 0) is 11.3 Å². The van der Waals surface area contributed by atoms with Crippen molar-refractivity contribution in [2.24, 2.45) is 0 Å². The molecule has 1 saturated heterocycles. The summed E-state index contributed by atoms with van der Waals surface area (Å²) in [4.78, 5) is 14.9. The first kappa shape index (κ1) is 24.7. The molecule has 0 saturated carbocycles. The number of likely N-dealkylation sites (tertiary alicyclic amines) is 1. The topological polar surface area (TPSA) is 67.6 Å². The van der Waals surface area contributed by atoms with E-state index in [4.69, 9.17) is 16.9 Å². The van der Waals surface area contributed by atoms with Crippen LogP contribution in [0.1, 0.15) is 24.5 Å². The Morgan fingerprint density at radius 2 is 2.00 bits per heavy atom. The van der Waals surface area contributed by atoms with Crippen molar-refractivity contribution in [1.82, 2.24) is 4.90 Å². The molecular weight excluding hydrogens is 469 g/mol. The lowest BCUT2D eigenvalue weighted by Crippen LogP contribution is -2.56. The molecule has 5 nitrogen and oxygen atoms in total. The lowest BCUT2D eigenvalue weighted by Gasteiger charge is -2.33. The molecule has 1 N–H and O–H groups in total. The Kier molecular flexibility index (Phi) is 6.86. The van der Waals surface area contributed by atoms with Crippen molar-refractivity contribution in [2.75, 3.05) is 18.0 Å². The Hall–Kier alpha value is -2.90. The van der Waals surface area contributed by atoms with Crippen LogP contribution >= 0.6 is 11.6 Å². The maximum absolute atomic E-state index is 14.4. The molecule has 0 aromatic heterocycles. The number of nitrogens with zero attached hydrogens (tertiary/aromatic N) is 3. The van der Waals surface area contributed by atoms with E-state index in [1.54, 1.807) is 4.90 Å². The number of halogens is 6. The molecule has 1 fully saturated rings.